The van der Waals surface area contributed by atoms with Gasteiger partial charge in [-0.3, -0.25) is 4.79 Å². The Balaban J connectivity index is 2.18. The third-order valence-electron chi connectivity index (χ3n) is 2.00. The summed E-state index contributed by atoms with van der Waals surface area (Å²) in [6.07, 6.45) is 7.82. The van der Waals surface area contributed by atoms with Crippen molar-refractivity contribution in [1.29, 1.82) is 0 Å². The minimum atomic E-state index is -1.86. The first-order chi connectivity index (χ1) is 7.00. The van der Waals surface area contributed by atoms with Crippen molar-refractivity contribution < 1.29 is 4.79 Å². The van der Waals surface area contributed by atoms with Gasteiger partial charge in [0.15, 0.2) is 0 Å². The molecule has 1 N–H and O–H groups in total. The topological polar surface area (TPSA) is 29.1 Å². The van der Waals surface area contributed by atoms with E-state index in [4.69, 9.17) is 34.8 Å². The summed E-state index contributed by atoms with van der Waals surface area (Å²) in [6, 6.07) is 0. The highest BCUT2D eigenvalue weighted by Gasteiger charge is 2.30. The quantitative estimate of drug-likeness (QED) is 0.490. The van der Waals surface area contributed by atoms with Gasteiger partial charge in [0.05, 0.1) is 5.88 Å². The molecule has 0 radical (unpaired) electrons. The number of thioether (sulfide) groups is 1. The van der Waals surface area contributed by atoms with E-state index in [-0.39, 0.29) is 0 Å². The summed E-state index contributed by atoms with van der Waals surface area (Å²) in [5.74, 6) is -0.0957. The predicted octanol–water partition coefficient (Wildman–Crippen LogP) is 3.27. The van der Waals surface area contributed by atoms with Crippen molar-refractivity contribution in [1.82, 2.24) is 5.32 Å². The SMILES string of the molecule is O=C(NCSC1C=CCCC1)C(Cl)(Cl)Cl. The van der Waals surface area contributed by atoms with Crippen molar-refractivity contribution in [2.24, 2.45) is 0 Å². The Kier molecular flexibility index (Phi) is 5.61. The van der Waals surface area contributed by atoms with Crippen LogP contribution in [0.2, 0.25) is 0 Å². The first-order valence-corrected chi connectivity index (χ1v) is 6.81. The van der Waals surface area contributed by atoms with Gasteiger partial charge in [-0.1, -0.05) is 47.0 Å². The smallest absolute Gasteiger partial charge is 0.272 e. The number of carbonyl (C=O) groups is 1. The number of halogens is 3. The first kappa shape index (κ1) is 13.5. The molecule has 2 nitrogen and oxygen atoms in total. The molecule has 0 saturated heterocycles. The molecule has 0 saturated carbocycles. The van der Waals surface area contributed by atoms with Crippen LogP contribution in [0.25, 0.3) is 0 Å². The molecular formula is C9H12Cl3NOS. The van der Waals surface area contributed by atoms with Gasteiger partial charge in [0, 0.05) is 5.25 Å². The Bertz CT molecular complexity index is 252. The summed E-state index contributed by atoms with van der Waals surface area (Å²) >= 11 is 17.8. The van der Waals surface area contributed by atoms with E-state index in [9.17, 15) is 4.79 Å². The zero-order valence-corrected chi connectivity index (χ0v) is 11.1. The monoisotopic (exact) mass is 287 g/mol. The Labute approximate surface area is 109 Å². The van der Waals surface area contributed by atoms with Crippen LogP contribution in [0.15, 0.2) is 12.2 Å². The van der Waals surface area contributed by atoms with Crippen molar-refractivity contribution in [2.45, 2.75) is 28.3 Å². The van der Waals surface area contributed by atoms with Gasteiger partial charge >= 0.3 is 0 Å². The van der Waals surface area contributed by atoms with E-state index in [1.54, 1.807) is 11.8 Å². The molecule has 1 unspecified atom stereocenters. The second kappa shape index (κ2) is 6.24. The predicted molar refractivity (Wildman–Crippen MR) is 67.7 cm³/mol. The summed E-state index contributed by atoms with van der Waals surface area (Å²) in [5, 5.41) is 3.03. The third-order valence-corrected chi connectivity index (χ3v) is 3.64. The van der Waals surface area contributed by atoms with Crippen molar-refractivity contribution >= 4 is 52.5 Å². The van der Waals surface area contributed by atoms with E-state index in [0.29, 0.717) is 11.1 Å². The number of hydrogen-bond donors (Lipinski definition) is 1. The van der Waals surface area contributed by atoms with Gasteiger partial charge in [-0.05, 0) is 19.3 Å². The summed E-state index contributed by atoms with van der Waals surface area (Å²) in [5.41, 5.74) is 0. The Hall–Kier alpha value is 0.430. The maximum absolute atomic E-state index is 11.2. The largest absolute Gasteiger partial charge is 0.343 e. The maximum atomic E-state index is 11.2. The van der Waals surface area contributed by atoms with E-state index in [2.05, 4.69) is 17.5 Å². The summed E-state index contributed by atoms with van der Waals surface area (Å²) < 4.78 is -1.86. The molecule has 0 aromatic heterocycles. The van der Waals surface area contributed by atoms with Gasteiger partial charge in [-0.15, -0.1) is 11.8 Å². The molecule has 1 amide bonds. The molecule has 0 spiro atoms. The number of hydrogen-bond acceptors (Lipinski definition) is 2. The van der Waals surface area contributed by atoms with Crippen LogP contribution < -0.4 is 5.32 Å². The average molecular weight is 289 g/mol. The highest BCUT2D eigenvalue weighted by Crippen LogP contribution is 2.27. The van der Waals surface area contributed by atoms with Gasteiger partial charge in [0.2, 0.25) is 0 Å². The second-order valence-electron chi connectivity index (χ2n) is 3.21. The molecule has 0 bridgehead atoms. The van der Waals surface area contributed by atoms with E-state index < -0.39 is 9.70 Å². The molecule has 86 valence electrons. The van der Waals surface area contributed by atoms with Crippen LogP contribution in [0.3, 0.4) is 0 Å². The van der Waals surface area contributed by atoms with Crippen LogP contribution in [0.4, 0.5) is 0 Å². The van der Waals surface area contributed by atoms with Gasteiger partial charge < -0.3 is 5.32 Å². The van der Waals surface area contributed by atoms with Crippen molar-refractivity contribution in [3.05, 3.63) is 12.2 Å². The number of rotatable bonds is 3. The van der Waals surface area contributed by atoms with Gasteiger partial charge in [0.1, 0.15) is 0 Å². The van der Waals surface area contributed by atoms with E-state index in [0.717, 1.165) is 12.8 Å². The van der Waals surface area contributed by atoms with Gasteiger partial charge in [-0.25, -0.2) is 0 Å². The van der Waals surface area contributed by atoms with E-state index in [1.807, 2.05) is 0 Å². The average Bonchev–Trinajstić information content (AvgIpc) is 2.18. The van der Waals surface area contributed by atoms with Crippen molar-refractivity contribution in [2.75, 3.05) is 5.88 Å². The third kappa shape index (κ3) is 5.34. The zero-order chi connectivity index (χ0) is 11.3. The molecule has 1 aliphatic rings. The summed E-state index contributed by atoms with van der Waals surface area (Å²) in [4.78, 5) is 11.2. The second-order valence-corrected chi connectivity index (χ2v) is 6.72. The Morgan fingerprint density at radius 3 is 2.80 bits per heavy atom. The van der Waals surface area contributed by atoms with Crippen LogP contribution >= 0.6 is 46.6 Å². The fourth-order valence-corrected chi connectivity index (χ4v) is 2.42. The molecule has 0 aliphatic heterocycles. The molecule has 1 atom stereocenters. The fraction of sp³-hybridized carbons (Fsp3) is 0.667. The van der Waals surface area contributed by atoms with Gasteiger partial charge in [0.25, 0.3) is 9.70 Å². The van der Waals surface area contributed by atoms with Crippen LogP contribution in [0.1, 0.15) is 19.3 Å². The van der Waals surface area contributed by atoms with Crippen LogP contribution in [0.5, 0.6) is 0 Å². The molecule has 1 rings (SSSR count). The molecule has 0 heterocycles. The number of carbonyl (C=O) groups excluding carboxylic acids is 1. The minimum absolute atomic E-state index is 0.467. The highest BCUT2D eigenvalue weighted by atomic mass is 35.6. The number of allylic oxidation sites excluding steroid dienone is 1. The summed E-state index contributed by atoms with van der Waals surface area (Å²) in [7, 11) is 0. The maximum Gasteiger partial charge on any atom is 0.272 e. The highest BCUT2D eigenvalue weighted by molar-refractivity contribution is 8.00. The standard InChI is InChI=1S/C9H12Cl3NOS/c10-9(11,12)8(14)13-6-15-7-4-2-1-3-5-7/h2,4,7H,1,3,5-6H2,(H,13,14). The lowest BCUT2D eigenvalue weighted by Crippen LogP contribution is -2.34. The van der Waals surface area contributed by atoms with E-state index in [1.165, 1.54) is 6.42 Å². The lowest BCUT2D eigenvalue weighted by atomic mass is 10.1. The first-order valence-electron chi connectivity index (χ1n) is 4.63. The number of alkyl halides is 3. The molecule has 6 heteroatoms. The number of amides is 1. The Morgan fingerprint density at radius 1 is 1.53 bits per heavy atom. The lowest BCUT2D eigenvalue weighted by molar-refractivity contribution is -0.119. The Morgan fingerprint density at radius 2 is 2.27 bits per heavy atom. The number of nitrogens with one attached hydrogen (secondary N) is 1. The molecule has 0 aromatic rings. The molecule has 1 aliphatic carbocycles. The van der Waals surface area contributed by atoms with Crippen molar-refractivity contribution in [3.8, 4) is 0 Å². The zero-order valence-electron chi connectivity index (χ0n) is 8.01. The van der Waals surface area contributed by atoms with Crippen LogP contribution in [-0.2, 0) is 4.79 Å². The minimum Gasteiger partial charge on any atom is -0.343 e. The molecule has 15 heavy (non-hydrogen) atoms. The van der Waals surface area contributed by atoms with Crippen molar-refractivity contribution in [3.63, 3.8) is 0 Å². The van der Waals surface area contributed by atoms with Crippen LogP contribution in [-0.4, -0.2) is 20.8 Å². The summed E-state index contributed by atoms with van der Waals surface area (Å²) in [6.45, 7) is 0. The van der Waals surface area contributed by atoms with E-state index >= 15 is 0 Å². The normalized spacial score (nSPS) is 21.4. The molecule has 0 fully saturated rings. The van der Waals surface area contributed by atoms with Crippen LogP contribution in [0, 0.1) is 0 Å². The fourth-order valence-electron chi connectivity index (χ4n) is 1.23. The van der Waals surface area contributed by atoms with Gasteiger partial charge in [-0.2, -0.15) is 0 Å². The lowest BCUT2D eigenvalue weighted by Gasteiger charge is -2.17. The molecule has 0 aromatic carbocycles. The molecular weight excluding hydrogens is 277 g/mol.